The van der Waals surface area contributed by atoms with E-state index in [1.165, 1.54) is 0 Å². The Morgan fingerprint density at radius 2 is 1.85 bits per heavy atom. The number of pyridine rings is 1. The van der Waals surface area contributed by atoms with Crippen molar-refractivity contribution in [2.75, 3.05) is 0 Å². The summed E-state index contributed by atoms with van der Waals surface area (Å²) >= 11 is 3.48. The van der Waals surface area contributed by atoms with Crippen LogP contribution in [0.15, 0.2) is 59.2 Å². The molecule has 2 aromatic carbocycles. The molecule has 4 rings (SSSR count). The summed E-state index contributed by atoms with van der Waals surface area (Å²) in [7, 11) is 0. The molecule has 0 spiro atoms. The van der Waals surface area contributed by atoms with Gasteiger partial charge in [0.1, 0.15) is 5.82 Å². The van der Waals surface area contributed by atoms with Gasteiger partial charge in [0.05, 0.1) is 16.6 Å². The van der Waals surface area contributed by atoms with Crippen LogP contribution in [0.25, 0.3) is 33.3 Å². The van der Waals surface area contributed by atoms with E-state index in [1.807, 2.05) is 48.7 Å². The quantitative estimate of drug-likeness (QED) is 0.558. The minimum absolute atomic E-state index is 0.872. The number of H-pyrrole nitrogens is 1. The van der Waals surface area contributed by atoms with Crippen molar-refractivity contribution in [3.63, 3.8) is 0 Å². The number of aromatic amines is 1. The van der Waals surface area contributed by atoms with Crippen LogP contribution in [0, 0.1) is 0 Å². The molecule has 0 radical (unpaired) electrons. The number of aromatic nitrogens is 3. The summed E-state index contributed by atoms with van der Waals surface area (Å²) < 4.78 is 1.04. The third kappa shape index (κ3) is 1.80. The Hall–Kier alpha value is -2.20. The minimum atomic E-state index is 0.872. The number of rotatable bonds is 1. The number of para-hydroxylation sites is 1. The van der Waals surface area contributed by atoms with Crippen molar-refractivity contribution in [2.45, 2.75) is 0 Å². The highest BCUT2D eigenvalue weighted by atomic mass is 79.9. The smallest absolute Gasteiger partial charge is 0.139 e. The van der Waals surface area contributed by atoms with Gasteiger partial charge in [-0.05, 0) is 30.3 Å². The minimum Gasteiger partial charge on any atom is -0.338 e. The average molecular weight is 324 g/mol. The average Bonchev–Trinajstić information content (AvgIpc) is 2.89. The van der Waals surface area contributed by atoms with Crippen LogP contribution in [0.3, 0.4) is 0 Å². The summed E-state index contributed by atoms with van der Waals surface area (Å²) in [5.41, 5.74) is 4.04. The van der Waals surface area contributed by atoms with E-state index in [4.69, 9.17) is 0 Å². The van der Waals surface area contributed by atoms with Gasteiger partial charge < -0.3 is 4.98 Å². The summed E-state index contributed by atoms with van der Waals surface area (Å²) in [6, 6.07) is 16.1. The van der Waals surface area contributed by atoms with E-state index in [0.29, 0.717) is 0 Å². The number of fused-ring (bicyclic) bond motifs is 2. The molecule has 3 nitrogen and oxygen atoms in total. The summed E-state index contributed by atoms with van der Waals surface area (Å²) in [5, 5.41) is 1.10. The van der Waals surface area contributed by atoms with E-state index in [2.05, 4.69) is 36.9 Å². The number of benzene rings is 2. The molecule has 0 unspecified atom stereocenters. The van der Waals surface area contributed by atoms with Crippen LogP contribution in [0.4, 0.5) is 0 Å². The molecule has 2 heterocycles. The van der Waals surface area contributed by atoms with E-state index < -0.39 is 0 Å². The predicted molar refractivity (Wildman–Crippen MR) is 84.5 cm³/mol. The van der Waals surface area contributed by atoms with E-state index in [9.17, 15) is 0 Å². The molecule has 0 fully saturated rings. The second-order valence-electron chi connectivity index (χ2n) is 4.62. The maximum Gasteiger partial charge on any atom is 0.139 e. The molecule has 0 bridgehead atoms. The first-order valence-electron chi connectivity index (χ1n) is 6.31. The number of halogens is 1. The van der Waals surface area contributed by atoms with E-state index >= 15 is 0 Å². The first-order valence-corrected chi connectivity index (χ1v) is 7.10. The molecule has 0 aliphatic heterocycles. The van der Waals surface area contributed by atoms with Gasteiger partial charge in [0.15, 0.2) is 0 Å². The highest BCUT2D eigenvalue weighted by Crippen LogP contribution is 2.27. The SMILES string of the molecule is Brc1ccc2nc(-c3ccnc4ccccc34)[nH]c2c1. The molecule has 96 valence electrons. The second kappa shape index (κ2) is 4.42. The number of hydrogen-bond donors (Lipinski definition) is 1. The van der Waals surface area contributed by atoms with Gasteiger partial charge in [-0.2, -0.15) is 0 Å². The van der Waals surface area contributed by atoms with Crippen molar-refractivity contribution < 1.29 is 0 Å². The van der Waals surface area contributed by atoms with Crippen LogP contribution in [-0.4, -0.2) is 15.0 Å². The van der Waals surface area contributed by atoms with Crippen molar-refractivity contribution in [1.29, 1.82) is 0 Å². The predicted octanol–water partition coefficient (Wildman–Crippen LogP) is 4.54. The fourth-order valence-electron chi connectivity index (χ4n) is 2.41. The second-order valence-corrected chi connectivity index (χ2v) is 5.54. The highest BCUT2D eigenvalue weighted by molar-refractivity contribution is 9.10. The lowest BCUT2D eigenvalue weighted by Crippen LogP contribution is -1.85. The molecule has 4 heteroatoms. The Bertz CT molecular complexity index is 922. The van der Waals surface area contributed by atoms with E-state index in [1.54, 1.807) is 0 Å². The Morgan fingerprint density at radius 1 is 0.950 bits per heavy atom. The summed E-state index contributed by atoms with van der Waals surface area (Å²) in [6.45, 7) is 0. The Balaban J connectivity index is 2.01. The van der Waals surface area contributed by atoms with Gasteiger partial charge >= 0.3 is 0 Å². The largest absolute Gasteiger partial charge is 0.338 e. The molecule has 0 amide bonds. The molecule has 20 heavy (non-hydrogen) atoms. The Kier molecular flexibility index (Phi) is 2.57. The van der Waals surface area contributed by atoms with Gasteiger partial charge in [0.25, 0.3) is 0 Å². The molecule has 4 aromatic rings. The van der Waals surface area contributed by atoms with E-state index in [0.717, 1.165) is 37.8 Å². The van der Waals surface area contributed by atoms with Crippen molar-refractivity contribution in [1.82, 2.24) is 15.0 Å². The third-order valence-corrected chi connectivity index (χ3v) is 3.84. The van der Waals surface area contributed by atoms with Crippen molar-refractivity contribution >= 4 is 37.9 Å². The van der Waals surface area contributed by atoms with Gasteiger partial charge in [-0.3, -0.25) is 4.98 Å². The third-order valence-electron chi connectivity index (χ3n) is 3.35. The number of nitrogens with one attached hydrogen (secondary N) is 1. The summed E-state index contributed by atoms with van der Waals surface area (Å²) in [6.07, 6.45) is 1.82. The maximum atomic E-state index is 4.67. The number of nitrogens with zero attached hydrogens (tertiary/aromatic N) is 2. The van der Waals surface area contributed by atoms with Crippen LogP contribution in [-0.2, 0) is 0 Å². The molecular weight excluding hydrogens is 314 g/mol. The highest BCUT2D eigenvalue weighted by Gasteiger charge is 2.09. The zero-order valence-electron chi connectivity index (χ0n) is 10.5. The first kappa shape index (κ1) is 11.6. The topological polar surface area (TPSA) is 41.6 Å². The van der Waals surface area contributed by atoms with Crippen LogP contribution < -0.4 is 0 Å². The zero-order valence-corrected chi connectivity index (χ0v) is 12.1. The maximum absolute atomic E-state index is 4.67. The Labute approximate surface area is 123 Å². The van der Waals surface area contributed by atoms with Gasteiger partial charge in [-0.15, -0.1) is 0 Å². The normalized spacial score (nSPS) is 11.2. The number of imidazole rings is 1. The van der Waals surface area contributed by atoms with Gasteiger partial charge in [0, 0.05) is 21.6 Å². The van der Waals surface area contributed by atoms with Crippen LogP contribution >= 0.6 is 15.9 Å². The summed E-state index contributed by atoms with van der Waals surface area (Å²) in [5.74, 6) is 0.872. The van der Waals surface area contributed by atoms with E-state index in [-0.39, 0.29) is 0 Å². The zero-order chi connectivity index (χ0) is 13.5. The van der Waals surface area contributed by atoms with Gasteiger partial charge in [-0.25, -0.2) is 4.98 Å². The van der Waals surface area contributed by atoms with Crippen LogP contribution in [0.1, 0.15) is 0 Å². The molecule has 0 saturated heterocycles. The molecule has 0 aliphatic carbocycles. The molecule has 0 aliphatic rings. The lowest BCUT2D eigenvalue weighted by Gasteiger charge is -2.02. The van der Waals surface area contributed by atoms with Crippen LogP contribution in [0.5, 0.6) is 0 Å². The number of hydrogen-bond acceptors (Lipinski definition) is 2. The van der Waals surface area contributed by atoms with Gasteiger partial charge in [0.2, 0.25) is 0 Å². The van der Waals surface area contributed by atoms with Gasteiger partial charge in [-0.1, -0.05) is 34.1 Å². The van der Waals surface area contributed by atoms with Crippen molar-refractivity contribution in [2.24, 2.45) is 0 Å². The molecule has 0 saturated carbocycles. The van der Waals surface area contributed by atoms with Crippen molar-refractivity contribution in [3.8, 4) is 11.4 Å². The lowest BCUT2D eigenvalue weighted by atomic mass is 10.1. The summed E-state index contributed by atoms with van der Waals surface area (Å²) in [4.78, 5) is 12.4. The molecule has 0 atom stereocenters. The monoisotopic (exact) mass is 323 g/mol. The fraction of sp³-hybridized carbons (Fsp3) is 0. The van der Waals surface area contributed by atoms with Crippen LogP contribution in [0.2, 0.25) is 0 Å². The standard InChI is InChI=1S/C16H10BrN3/c17-10-5-6-14-15(9-10)20-16(19-14)12-7-8-18-13-4-2-1-3-11(12)13/h1-9H,(H,19,20). The first-order chi connectivity index (χ1) is 9.81. The Morgan fingerprint density at radius 3 is 2.80 bits per heavy atom. The molecule has 1 N–H and O–H groups in total. The molecular formula is C16H10BrN3. The fourth-order valence-corrected chi connectivity index (χ4v) is 2.77. The van der Waals surface area contributed by atoms with Crippen molar-refractivity contribution in [3.05, 3.63) is 59.2 Å². The lowest BCUT2D eigenvalue weighted by molar-refractivity contribution is 1.33. The molecule has 2 aromatic heterocycles.